The number of carbonyl (C=O) groups excluding carboxylic acids is 1. The van der Waals surface area contributed by atoms with Crippen molar-refractivity contribution in [2.24, 2.45) is 0 Å². The zero-order chi connectivity index (χ0) is 19.6. The third-order valence-corrected chi connectivity index (χ3v) is 5.12. The third kappa shape index (κ3) is 4.24. The number of rotatable bonds is 5. The first-order valence-electron chi connectivity index (χ1n) is 9.32. The smallest absolute Gasteiger partial charge is 0.291 e. The van der Waals surface area contributed by atoms with Crippen LogP contribution in [0, 0.1) is 20.8 Å². The Bertz CT molecular complexity index is 835. The molecule has 1 fully saturated rings. The van der Waals surface area contributed by atoms with Gasteiger partial charge in [0.15, 0.2) is 0 Å². The lowest BCUT2D eigenvalue weighted by atomic mass is 10.2. The van der Waals surface area contributed by atoms with Gasteiger partial charge in [-0.1, -0.05) is 6.07 Å². The van der Waals surface area contributed by atoms with E-state index in [1.54, 1.807) is 14.1 Å². The zero-order valence-electron chi connectivity index (χ0n) is 16.8. The lowest BCUT2D eigenvalue weighted by Crippen LogP contribution is -2.33. The van der Waals surface area contributed by atoms with Crippen LogP contribution in [0.1, 0.15) is 39.6 Å². The predicted octanol–water partition coefficient (Wildman–Crippen LogP) is 1.87. The summed E-state index contributed by atoms with van der Waals surface area (Å²) in [6.45, 7) is 8.57. The van der Waals surface area contributed by atoms with E-state index < -0.39 is 0 Å². The molecule has 0 aromatic carbocycles. The highest BCUT2D eigenvalue weighted by molar-refractivity contribution is 5.90. The molecule has 1 saturated heterocycles. The summed E-state index contributed by atoms with van der Waals surface area (Å²) in [6, 6.07) is 4.42. The Kier molecular flexibility index (Phi) is 5.70. The van der Waals surface area contributed by atoms with Gasteiger partial charge in [0, 0.05) is 57.2 Å². The summed E-state index contributed by atoms with van der Waals surface area (Å²) >= 11 is 0. The van der Waals surface area contributed by atoms with Gasteiger partial charge in [0.1, 0.15) is 5.82 Å². The minimum atomic E-state index is -0.168. The molecule has 1 aliphatic rings. The van der Waals surface area contributed by atoms with E-state index >= 15 is 0 Å². The fourth-order valence-corrected chi connectivity index (χ4v) is 3.28. The molecule has 1 atom stereocenters. The van der Waals surface area contributed by atoms with E-state index in [-0.39, 0.29) is 11.7 Å². The summed E-state index contributed by atoms with van der Waals surface area (Å²) in [5, 5.41) is 3.61. The van der Waals surface area contributed by atoms with Gasteiger partial charge in [0.25, 0.3) is 5.91 Å². The molecule has 0 unspecified atom stereocenters. The fourth-order valence-electron chi connectivity index (χ4n) is 3.28. The van der Waals surface area contributed by atoms with Crippen LogP contribution in [0.3, 0.4) is 0 Å². The van der Waals surface area contributed by atoms with Crippen LogP contribution in [0.25, 0.3) is 0 Å². The Balaban J connectivity index is 1.71. The number of pyridine rings is 1. The van der Waals surface area contributed by atoms with E-state index in [4.69, 9.17) is 0 Å². The molecule has 0 spiro atoms. The lowest BCUT2D eigenvalue weighted by Gasteiger charge is -2.22. The molecule has 0 radical (unpaired) electrons. The molecule has 2 aromatic heterocycles. The maximum Gasteiger partial charge on any atom is 0.291 e. The van der Waals surface area contributed by atoms with Crippen molar-refractivity contribution in [1.29, 1.82) is 0 Å². The fraction of sp³-hybridized carbons (Fsp3) is 0.500. The van der Waals surface area contributed by atoms with Gasteiger partial charge in [0.2, 0.25) is 5.82 Å². The Labute approximate surface area is 160 Å². The SMILES string of the molecule is Cc1cccnc1CN[C@@H]1CCN(c2nc(C(=O)N(C)C)nc(C)c2C)C1. The second-order valence-corrected chi connectivity index (χ2v) is 7.36. The van der Waals surface area contributed by atoms with Gasteiger partial charge in [-0.05, 0) is 38.8 Å². The third-order valence-electron chi connectivity index (χ3n) is 5.12. The van der Waals surface area contributed by atoms with Gasteiger partial charge in [-0.2, -0.15) is 0 Å². The molecule has 3 rings (SSSR count). The van der Waals surface area contributed by atoms with Crippen molar-refractivity contribution >= 4 is 11.7 Å². The number of aryl methyl sites for hydroxylation is 2. The lowest BCUT2D eigenvalue weighted by molar-refractivity contribution is 0.0815. The average molecular weight is 368 g/mol. The van der Waals surface area contributed by atoms with Crippen LogP contribution in [0.5, 0.6) is 0 Å². The van der Waals surface area contributed by atoms with Crippen LogP contribution in [0.4, 0.5) is 5.82 Å². The minimum Gasteiger partial charge on any atom is -0.355 e. The van der Waals surface area contributed by atoms with Crippen LogP contribution >= 0.6 is 0 Å². The van der Waals surface area contributed by atoms with Crippen LogP contribution in [0.2, 0.25) is 0 Å². The van der Waals surface area contributed by atoms with E-state index in [0.29, 0.717) is 6.04 Å². The minimum absolute atomic E-state index is 0.168. The Morgan fingerprint density at radius 3 is 2.78 bits per heavy atom. The molecule has 3 heterocycles. The molecule has 1 aliphatic heterocycles. The number of hydrogen-bond acceptors (Lipinski definition) is 6. The second kappa shape index (κ2) is 8.00. The van der Waals surface area contributed by atoms with Crippen molar-refractivity contribution in [2.75, 3.05) is 32.1 Å². The van der Waals surface area contributed by atoms with Crippen LogP contribution in [-0.4, -0.2) is 59.0 Å². The Hall–Kier alpha value is -2.54. The van der Waals surface area contributed by atoms with E-state index in [2.05, 4.69) is 38.2 Å². The van der Waals surface area contributed by atoms with Crippen molar-refractivity contribution in [1.82, 2.24) is 25.2 Å². The first-order valence-corrected chi connectivity index (χ1v) is 9.32. The number of nitrogens with one attached hydrogen (secondary N) is 1. The number of amides is 1. The molecule has 1 amide bonds. The highest BCUT2D eigenvalue weighted by Crippen LogP contribution is 2.24. The standard InChI is InChI=1S/C20H28N6O/c1-13-7-6-9-21-17(13)11-22-16-8-10-26(12-16)19-14(2)15(3)23-18(24-19)20(27)25(4)5/h6-7,9,16,22H,8,10-12H2,1-5H3/t16-/m1/s1. The molecule has 1 N–H and O–H groups in total. The van der Waals surface area contributed by atoms with Crippen molar-refractivity contribution in [3.63, 3.8) is 0 Å². The molecular formula is C20H28N6O. The van der Waals surface area contributed by atoms with Gasteiger partial charge >= 0.3 is 0 Å². The van der Waals surface area contributed by atoms with Gasteiger partial charge in [-0.25, -0.2) is 9.97 Å². The molecule has 2 aromatic rings. The van der Waals surface area contributed by atoms with Crippen molar-refractivity contribution in [2.45, 2.75) is 39.8 Å². The number of anilines is 1. The van der Waals surface area contributed by atoms with Gasteiger partial charge in [0.05, 0.1) is 5.69 Å². The highest BCUT2D eigenvalue weighted by atomic mass is 16.2. The van der Waals surface area contributed by atoms with E-state index in [1.165, 1.54) is 10.5 Å². The van der Waals surface area contributed by atoms with Crippen LogP contribution in [-0.2, 0) is 6.54 Å². The summed E-state index contributed by atoms with van der Waals surface area (Å²) in [6.07, 6.45) is 2.87. The average Bonchev–Trinajstić information content (AvgIpc) is 3.11. The van der Waals surface area contributed by atoms with Gasteiger partial charge in [-0.3, -0.25) is 9.78 Å². The second-order valence-electron chi connectivity index (χ2n) is 7.36. The number of carbonyl (C=O) groups is 1. The van der Waals surface area contributed by atoms with E-state index in [1.807, 2.05) is 26.1 Å². The first-order chi connectivity index (χ1) is 12.9. The molecule has 0 saturated carbocycles. The van der Waals surface area contributed by atoms with Crippen molar-refractivity contribution in [3.05, 3.63) is 46.7 Å². The number of hydrogen-bond donors (Lipinski definition) is 1. The quantitative estimate of drug-likeness (QED) is 0.868. The number of nitrogens with zero attached hydrogens (tertiary/aromatic N) is 5. The summed E-state index contributed by atoms with van der Waals surface area (Å²) in [4.78, 5) is 29.5. The summed E-state index contributed by atoms with van der Waals surface area (Å²) < 4.78 is 0. The van der Waals surface area contributed by atoms with Crippen molar-refractivity contribution in [3.8, 4) is 0 Å². The summed E-state index contributed by atoms with van der Waals surface area (Å²) in [5.41, 5.74) is 4.18. The molecule has 7 heteroatoms. The van der Waals surface area contributed by atoms with E-state index in [9.17, 15) is 4.79 Å². The van der Waals surface area contributed by atoms with Crippen molar-refractivity contribution < 1.29 is 4.79 Å². The molecule has 0 aliphatic carbocycles. The monoisotopic (exact) mass is 368 g/mol. The predicted molar refractivity (Wildman–Crippen MR) is 106 cm³/mol. The number of aromatic nitrogens is 3. The first kappa shape index (κ1) is 19.2. The highest BCUT2D eigenvalue weighted by Gasteiger charge is 2.26. The summed E-state index contributed by atoms with van der Waals surface area (Å²) in [5.74, 6) is 0.962. The van der Waals surface area contributed by atoms with Gasteiger partial charge in [-0.15, -0.1) is 0 Å². The molecular weight excluding hydrogens is 340 g/mol. The molecule has 27 heavy (non-hydrogen) atoms. The molecule has 0 bridgehead atoms. The molecule has 7 nitrogen and oxygen atoms in total. The van der Waals surface area contributed by atoms with E-state index in [0.717, 1.165) is 48.8 Å². The topological polar surface area (TPSA) is 74.2 Å². The normalized spacial score (nSPS) is 16.6. The van der Waals surface area contributed by atoms with Crippen LogP contribution in [0.15, 0.2) is 18.3 Å². The Morgan fingerprint density at radius 1 is 1.30 bits per heavy atom. The maximum absolute atomic E-state index is 12.3. The Morgan fingerprint density at radius 2 is 2.07 bits per heavy atom. The van der Waals surface area contributed by atoms with Crippen LogP contribution < -0.4 is 10.2 Å². The zero-order valence-corrected chi connectivity index (χ0v) is 16.8. The maximum atomic E-state index is 12.3. The summed E-state index contributed by atoms with van der Waals surface area (Å²) in [7, 11) is 3.44. The largest absolute Gasteiger partial charge is 0.355 e. The molecule has 144 valence electrons. The van der Waals surface area contributed by atoms with Gasteiger partial charge < -0.3 is 15.1 Å².